The third kappa shape index (κ3) is 4.04. The Balaban J connectivity index is 1.62. The van der Waals surface area contributed by atoms with Crippen LogP contribution < -0.4 is 10.5 Å². The number of aromatic nitrogens is 4. The Kier molecular flexibility index (Phi) is 6.01. The van der Waals surface area contributed by atoms with Crippen LogP contribution in [0.2, 0.25) is 0 Å². The van der Waals surface area contributed by atoms with E-state index in [4.69, 9.17) is 10.5 Å². The number of ether oxygens (including phenoxy) is 1. The molecule has 0 aliphatic heterocycles. The number of hydrogen-bond donors (Lipinski definition) is 2. The molecule has 3 N–H and O–H groups in total. The number of para-hydroxylation sites is 1. The van der Waals surface area contributed by atoms with E-state index in [1.165, 1.54) is 6.07 Å². The summed E-state index contributed by atoms with van der Waals surface area (Å²) in [6.45, 7) is 2.59. The summed E-state index contributed by atoms with van der Waals surface area (Å²) in [6, 6.07) is 8.71. The average molecular weight is 423 g/mol. The summed E-state index contributed by atoms with van der Waals surface area (Å²) in [6.07, 6.45) is 4.97. The monoisotopic (exact) mass is 423 g/mol. The van der Waals surface area contributed by atoms with Gasteiger partial charge >= 0.3 is 0 Å². The molecule has 0 fully saturated rings. The lowest BCUT2D eigenvalue weighted by molar-refractivity contribution is 0.272. The highest BCUT2D eigenvalue weighted by Gasteiger charge is 2.16. The van der Waals surface area contributed by atoms with Gasteiger partial charge in [0.1, 0.15) is 5.65 Å². The zero-order valence-corrected chi connectivity index (χ0v) is 17.7. The molecule has 0 aliphatic carbocycles. The molecule has 4 rings (SSSR count). The van der Waals surface area contributed by atoms with Crippen molar-refractivity contribution >= 4 is 5.65 Å². The van der Waals surface area contributed by atoms with E-state index in [0.29, 0.717) is 30.6 Å². The largest absolute Gasteiger partial charge is 0.490 e. The third-order valence-electron chi connectivity index (χ3n) is 5.55. The molecular weight excluding hydrogens is 397 g/mol. The molecule has 0 aliphatic rings. The molecule has 7 nitrogen and oxygen atoms in total. The maximum atomic E-state index is 14.7. The van der Waals surface area contributed by atoms with Crippen molar-refractivity contribution in [1.29, 1.82) is 0 Å². The lowest BCUT2D eigenvalue weighted by Crippen LogP contribution is -2.07. The first-order valence-corrected chi connectivity index (χ1v) is 10.2. The minimum absolute atomic E-state index is 0.141. The summed E-state index contributed by atoms with van der Waals surface area (Å²) in [7, 11) is 1.83. The maximum Gasteiger partial charge on any atom is 0.165 e. The topological polar surface area (TPSA) is 90.6 Å². The number of imidazole rings is 1. The molecule has 1 aromatic carbocycles. The number of rotatable bonds is 8. The van der Waals surface area contributed by atoms with Gasteiger partial charge in [-0.2, -0.15) is 5.10 Å². The smallest absolute Gasteiger partial charge is 0.165 e. The fourth-order valence-electron chi connectivity index (χ4n) is 3.83. The number of aryl methyl sites for hydroxylation is 1. The van der Waals surface area contributed by atoms with Gasteiger partial charge in [-0.3, -0.25) is 4.68 Å². The molecule has 0 amide bonds. The Morgan fingerprint density at radius 1 is 1.19 bits per heavy atom. The number of hydrogen-bond acceptors (Lipinski definition) is 5. The highest BCUT2D eigenvalue weighted by molar-refractivity contribution is 5.71. The number of aliphatic hydroxyl groups is 1. The molecule has 162 valence electrons. The number of benzene rings is 1. The highest BCUT2D eigenvalue weighted by Crippen LogP contribution is 2.33. The maximum absolute atomic E-state index is 14.7. The van der Waals surface area contributed by atoms with Crippen LogP contribution in [0.3, 0.4) is 0 Å². The first kappa shape index (κ1) is 21.0. The van der Waals surface area contributed by atoms with Gasteiger partial charge in [-0.25, -0.2) is 9.37 Å². The van der Waals surface area contributed by atoms with Gasteiger partial charge < -0.3 is 20.0 Å². The summed E-state index contributed by atoms with van der Waals surface area (Å²) >= 11 is 0. The van der Waals surface area contributed by atoms with Crippen LogP contribution in [0.25, 0.3) is 16.8 Å². The Labute approximate surface area is 179 Å². The average Bonchev–Trinajstić information content (AvgIpc) is 3.30. The second kappa shape index (κ2) is 8.87. The lowest BCUT2D eigenvalue weighted by atomic mass is 10.1. The van der Waals surface area contributed by atoms with Crippen molar-refractivity contribution < 1.29 is 14.2 Å². The summed E-state index contributed by atoms with van der Waals surface area (Å²) in [5.74, 6) is -0.217. The van der Waals surface area contributed by atoms with Crippen molar-refractivity contribution in [2.75, 3.05) is 13.2 Å². The van der Waals surface area contributed by atoms with E-state index in [1.807, 2.05) is 49.0 Å². The molecule has 0 spiro atoms. The standard InChI is InChI=1S/C23H26FN5O2/c1-15-18(21(14-30)27-28(15)2)9-11-31-23-19(4-3-5-20(23)24)16-6-7-22-26-12-17(8-10-25)29(22)13-16/h3-7,12-13,30H,8-11,14,25H2,1-2H3. The van der Waals surface area contributed by atoms with Crippen molar-refractivity contribution in [2.45, 2.75) is 26.4 Å². The predicted molar refractivity (Wildman–Crippen MR) is 116 cm³/mol. The van der Waals surface area contributed by atoms with E-state index in [9.17, 15) is 9.50 Å². The van der Waals surface area contributed by atoms with Gasteiger partial charge in [0.05, 0.1) is 18.9 Å². The van der Waals surface area contributed by atoms with Crippen LogP contribution in [0.1, 0.15) is 22.6 Å². The predicted octanol–water partition coefficient (Wildman–Crippen LogP) is 2.80. The number of pyridine rings is 1. The Morgan fingerprint density at radius 2 is 2.03 bits per heavy atom. The Hall–Kier alpha value is -3.23. The Bertz CT molecular complexity index is 1210. The van der Waals surface area contributed by atoms with Gasteiger partial charge in [0, 0.05) is 60.4 Å². The number of fused-ring (bicyclic) bond motifs is 1. The van der Waals surface area contributed by atoms with Crippen molar-refractivity contribution in [3.05, 3.63) is 71.2 Å². The van der Waals surface area contributed by atoms with E-state index >= 15 is 0 Å². The summed E-state index contributed by atoms with van der Waals surface area (Å²) < 4.78 is 24.4. The molecule has 3 heterocycles. The lowest BCUT2D eigenvalue weighted by Gasteiger charge is -2.14. The van der Waals surface area contributed by atoms with Gasteiger partial charge in [0.15, 0.2) is 11.6 Å². The minimum Gasteiger partial charge on any atom is -0.490 e. The van der Waals surface area contributed by atoms with Crippen LogP contribution in [-0.4, -0.2) is 37.4 Å². The van der Waals surface area contributed by atoms with E-state index < -0.39 is 5.82 Å². The number of aliphatic hydroxyl groups excluding tert-OH is 1. The summed E-state index contributed by atoms with van der Waals surface area (Å²) in [5, 5.41) is 13.9. The second-order valence-corrected chi connectivity index (χ2v) is 7.44. The van der Waals surface area contributed by atoms with Crippen LogP contribution in [0.5, 0.6) is 5.75 Å². The molecule has 0 bridgehead atoms. The van der Waals surface area contributed by atoms with Crippen molar-refractivity contribution in [3.63, 3.8) is 0 Å². The fourth-order valence-corrected chi connectivity index (χ4v) is 3.83. The van der Waals surface area contributed by atoms with Crippen LogP contribution in [0.15, 0.2) is 42.7 Å². The minimum atomic E-state index is -0.421. The summed E-state index contributed by atoms with van der Waals surface area (Å²) in [4.78, 5) is 4.40. The van der Waals surface area contributed by atoms with E-state index in [0.717, 1.165) is 28.2 Å². The molecular formula is C23H26FN5O2. The van der Waals surface area contributed by atoms with Crippen LogP contribution >= 0.6 is 0 Å². The molecule has 0 saturated carbocycles. The third-order valence-corrected chi connectivity index (χ3v) is 5.55. The van der Waals surface area contributed by atoms with E-state index in [2.05, 4.69) is 10.1 Å². The zero-order valence-electron chi connectivity index (χ0n) is 17.7. The SMILES string of the molecule is Cc1c(CCOc2c(F)cccc2-c2ccc3ncc(CCN)n3c2)c(CO)nn1C. The number of nitrogens with zero attached hydrogens (tertiary/aromatic N) is 4. The fraction of sp³-hybridized carbons (Fsp3) is 0.304. The van der Waals surface area contributed by atoms with Gasteiger partial charge in [0.25, 0.3) is 0 Å². The van der Waals surface area contributed by atoms with Gasteiger partial charge in [0.2, 0.25) is 0 Å². The molecule has 8 heteroatoms. The molecule has 31 heavy (non-hydrogen) atoms. The van der Waals surface area contributed by atoms with Crippen LogP contribution in [-0.2, 0) is 26.5 Å². The molecule has 4 aromatic rings. The van der Waals surface area contributed by atoms with Crippen molar-refractivity contribution in [2.24, 2.45) is 12.8 Å². The van der Waals surface area contributed by atoms with Crippen molar-refractivity contribution in [3.8, 4) is 16.9 Å². The quantitative estimate of drug-likeness (QED) is 0.455. The highest BCUT2D eigenvalue weighted by atomic mass is 19.1. The molecule has 0 saturated heterocycles. The molecule has 0 atom stereocenters. The Morgan fingerprint density at radius 3 is 2.81 bits per heavy atom. The second-order valence-electron chi connectivity index (χ2n) is 7.44. The molecule has 0 unspecified atom stereocenters. The van der Waals surface area contributed by atoms with Crippen LogP contribution in [0.4, 0.5) is 4.39 Å². The molecule has 0 radical (unpaired) electrons. The van der Waals surface area contributed by atoms with Gasteiger partial charge in [-0.05, 0) is 31.7 Å². The summed E-state index contributed by atoms with van der Waals surface area (Å²) in [5.41, 5.74) is 11.5. The van der Waals surface area contributed by atoms with Gasteiger partial charge in [-0.1, -0.05) is 12.1 Å². The zero-order chi connectivity index (χ0) is 22.0. The molecule has 3 aromatic heterocycles. The van der Waals surface area contributed by atoms with Gasteiger partial charge in [-0.15, -0.1) is 0 Å². The first-order valence-electron chi connectivity index (χ1n) is 10.2. The first-order chi connectivity index (χ1) is 15.0. The van der Waals surface area contributed by atoms with E-state index in [-0.39, 0.29) is 19.0 Å². The van der Waals surface area contributed by atoms with Crippen molar-refractivity contribution in [1.82, 2.24) is 19.2 Å². The normalized spacial score (nSPS) is 11.4. The number of nitrogens with two attached hydrogens (primary N) is 1. The number of halogens is 1. The van der Waals surface area contributed by atoms with E-state index in [1.54, 1.807) is 10.7 Å². The van der Waals surface area contributed by atoms with Crippen LogP contribution in [0, 0.1) is 12.7 Å².